The first-order valence-corrected chi connectivity index (χ1v) is 5.43. The molecule has 68 valence electrons. The highest BCUT2D eigenvalue weighted by Crippen LogP contribution is 3.08. The summed E-state index contributed by atoms with van der Waals surface area (Å²) in [5, 5.41) is 0. The molecule has 3 aliphatic carbocycles. The standard InChI is InChI=1S/C12H20/c1-7(2)9-11-6-12(9,11)10(4,5)8(11)3/h7-9H,6H2,1-5H3. The fourth-order valence-corrected chi connectivity index (χ4v) is 5.32. The van der Waals surface area contributed by atoms with Gasteiger partial charge in [0.15, 0.2) is 0 Å². The van der Waals surface area contributed by atoms with E-state index in [1.807, 2.05) is 0 Å². The highest BCUT2D eigenvalue weighted by Gasteiger charge is 3.04. The van der Waals surface area contributed by atoms with Crippen LogP contribution >= 0.6 is 0 Å². The van der Waals surface area contributed by atoms with Gasteiger partial charge in [0, 0.05) is 0 Å². The van der Waals surface area contributed by atoms with Crippen LogP contribution in [0.1, 0.15) is 41.0 Å². The first-order chi connectivity index (χ1) is 5.43. The van der Waals surface area contributed by atoms with Crippen LogP contribution < -0.4 is 0 Å². The van der Waals surface area contributed by atoms with Gasteiger partial charge in [-0.1, -0.05) is 34.6 Å². The van der Waals surface area contributed by atoms with E-state index in [0.29, 0.717) is 5.41 Å². The second-order valence-electron chi connectivity index (χ2n) is 6.35. The predicted octanol–water partition coefficient (Wildman–Crippen LogP) is 3.32. The van der Waals surface area contributed by atoms with Crippen LogP contribution in [0.3, 0.4) is 0 Å². The molecule has 4 atom stereocenters. The molecule has 0 radical (unpaired) electrons. The molecule has 0 aromatic carbocycles. The lowest BCUT2D eigenvalue weighted by molar-refractivity contribution is 0.0670. The van der Waals surface area contributed by atoms with Gasteiger partial charge in [0.05, 0.1) is 0 Å². The van der Waals surface area contributed by atoms with Crippen LogP contribution in [0.25, 0.3) is 0 Å². The van der Waals surface area contributed by atoms with Crippen molar-refractivity contribution in [1.82, 2.24) is 0 Å². The molecular weight excluding hydrogens is 144 g/mol. The number of hydrogen-bond donors (Lipinski definition) is 0. The molecule has 0 amide bonds. The molecule has 0 N–H and O–H groups in total. The van der Waals surface area contributed by atoms with Gasteiger partial charge in [0.1, 0.15) is 0 Å². The van der Waals surface area contributed by atoms with Gasteiger partial charge in [-0.3, -0.25) is 0 Å². The Hall–Kier alpha value is 0. The molecule has 3 aliphatic rings. The van der Waals surface area contributed by atoms with Gasteiger partial charge in [0.25, 0.3) is 0 Å². The van der Waals surface area contributed by atoms with E-state index >= 15 is 0 Å². The van der Waals surface area contributed by atoms with Crippen molar-refractivity contribution >= 4 is 0 Å². The zero-order valence-corrected chi connectivity index (χ0v) is 8.94. The van der Waals surface area contributed by atoms with Crippen LogP contribution in [0.15, 0.2) is 0 Å². The molecule has 0 heterocycles. The monoisotopic (exact) mass is 164 g/mol. The Morgan fingerprint density at radius 3 is 2.00 bits per heavy atom. The molecule has 3 fully saturated rings. The molecule has 0 spiro atoms. The summed E-state index contributed by atoms with van der Waals surface area (Å²) in [5.74, 6) is 3.02. The summed E-state index contributed by atoms with van der Waals surface area (Å²) in [5.41, 5.74) is 2.38. The van der Waals surface area contributed by atoms with E-state index in [1.54, 1.807) is 6.42 Å². The molecular formula is C12H20. The second-order valence-corrected chi connectivity index (χ2v) is 6.35. The molecule has 0 nitrogen and oxygen atoms in total. The third-order valence-electron chi connectivity index (χ3n) is 5.95. The van der Waals surface area contributed by atoms with Crippen molar-refractivity contribution in [3.05, 3.63) is 0 Å². The summed E-state index contributed by atoms with van der Waals surface area (Å²) in [6.07, 6.45) is 1.57. The van der Waals surface area contributed by atoms with Gasteiger partial charge in [-0.2, -0.15) is 0 Å². The summed E-state index contributed by atoms with van der Waals surface area (Å²) in [4.78, 5) is 0. The van der Waals surface area contributed by atoms with Crippen molar-refractivity contribution in [2.24, 2.45) is 34.0 Å². The SMILES string of the molecule is CC(C)C1C23CC12C(C)(C)C3C. The quantitative estimate of drug-likeness (QED) is 0.557. The molecule has 0 heteroatoms. The van der Waals surface area contributed by atoms with Gasteiger partial charge >= 0.3 is 0 Å². The van der Waals surface area contributed by atoms with Crippen LogP contribution in [0.4, 0.5) is 0 Å². The molecule has 12 heavy (non-hydrogen) atoms. The van der Waals surface area contributed by atoms with Crippen LogP contribution in [0.5, 0.6) is 0 Å². The summed E-state index contributed by atoms with van der Waals surface area (Å²) in [7, 11) is 0. The summed E-state index contributed by atoms with van der Waals surface area (Å²) in [6.45, 7) is 12.3. The van der Waals surface area contributed by atoms with Crippen LogP contribution in [0, 0.1) is 34.0 Å². The maximum absolute atomic E-state index is 2.49. The average Bonchev–Trinajstić information content (AvgIpc) is 2.65. The van der Waals surface area contributed by atoms with Crippen LogP contribution in [-0.4, -0.2) is 0 Å². The minimum absolute atomic E-state index is 0.669. The third kappa shape index (κ3) is 0.352. The van der Waals surface area contributed by atoms with E-state index in [-0.39, 0.29) is 0 Å². The van der Waals surface area contributed by atoms with E-state index < -0.39 is 0 Å². The second kappa shape index (κ2) is 1.40. The van der Waals surface area contributed by atoms with E-state index in [4.69, 9.17) is 0 Å². The highest BCUT2D eigenvalue weighted by atomic mass is 15.1. The minimum atomic E-state index is 0.669. The summed E-state index contributed by atoms with van der Waals surface area (Å²) >= 11 is 0. The van der Waals surface area contributed by atoms with E-state index in [1.165, 1.54) is 0 Å². The molecule has 0 saturated heterocycles. The fraction of sp³-hybridized carbons (Fsp3) is 1.00. The first kappa shape index (κ1) is 7.41. The summed E-state index contributed by atoms with van der Waals surface area (Å²) in [6, 6.07) is 0. The van der Waals surface area contributed by atoms with Crippen molar-refractivity contribution in [3.63, 3.8) is 0 Å². The lowest BCUT2D eigenvalue weighted by Crippen LogP contribution is -2.36. The Morgan fingerprint density at radius 1 is 1.25 bits per heavy atom. The van der Waals surface area contributed by atoms with Gasteiger partial charge in [-0.15, -0.1) is 0 Å². The number of hydrogen-bond acceptors (Lipinski definition) is 0. The van der Waals surface area contributed by atoms with Gasteiger partial charge < -0.3 is 0 Å². The van der Waals surface area contributed by atoms with Crippen LogP contribution in [-0.2, 0) is 0 Å². The lowest BCUT2D eigenvalue weighted by Gasteiger charge is -2.41. The van der Waals surface area contributed by atoms with Crippen LogP contribution in [0.2, 0.25) is 0 Å². The Kier molecular flexibility index (Phi) is 0.866. The largest absolute Gasteiger partial charge is 0.0625 e. The normalized spacial score (nSPS) is 63.5. The van der Waals surface area contributed by atoms with Crippen molar-refractivity contribution in [2.45, 2.75) is 41.0 Å². The maximum atomic E-state index is 2.49. The Balaban J connectivity index is 1.96. The van der Waals surface area contributed by atoms with Gasteiger partial charge in [-0.25, -0.2) is 0 Å². The zero-order chi connectivity index (χ0) is 8.94. The van der Waals surface area contributed by atoms with Gasteiger partial charge in [-0.05, 0) is 40.4 Å². The Bertz CT molecular complexity index is 263. The smallest absolute Gasteiger partial charge is 0.0139 e. The van der Waals surface area contributed by atoms with Gasteiger partial charge in [0.2, 0.25) is 0 Å². The molecule has 3 saturated carbocycles. The molecule has 3 rings (SSSR count). The molecule has 0 aliphatic heterocycles. The van der Waals surface area contributed by atoms with Crippen molar-refractivity contribution in [3.8, 4) is 0 Å². The molecule has 0 aromatic rings. The molecule has 0 bridgehead atoms. The van der Waals surface area contributed by atoms with E-state index in [9.17, 15) is 0 Å². The number of rotatable bonds is 1. The topological polar surface area (TPSA) is 0 Å². The maximum Gasteiger partial charge on any atom is -0.0139 e. The van der Waals surface area contributed by atoms with E-state index in [2.05, 4.69) is 34.6 Å². The van der Waals surface area contributed by atoms with Crippen molar-refractivity contribution in [1.29, 1.82) is 0 Å². The molecule has 0 aromatic heterocycles. The minimum Gasteiger partial charge on any atom is -0.0625 e. The van der Waals surface area contributed by atoms with Crippen molar-refractivity contribution in [2.75, 3.05) is 0 Å². The third-order valence-corrected chi connectivity index (χ3v) is 5.95. The Morgan fingerprint density at radius 2 is 1.83 bits per heavy atom. The fourth-order valence-electron chi connectivity index (χ4n) is 5.32. The van der Waals surface area contributed by atoms with E-state index in [0.717, 1.165) is 28.6 Å². The zero-order valence-electron chi connectivity index (χ0n) is 8.94. The molecule has 4 unspecified atom stereocenters. The summed E-state index contributed by atoms with van der Waals surface area (Å²) < 4.78 is 0. The average molecular weight is 164 g/mol. The first-order valence-electron chi connectivity index (χ1n) is 5.43. The van der Waals surface area contributed by atoms with Crippen molar-refractivity contribution < 1.29 is 0 Å². The Labute approximate surface area is 75.7 Å². The predicted molar refractivity (Wildman–Crippen MR) is 50.8 cm³/mol. The lowest BCUT2D eigenvalue weighted by atomic mass is 9.63. The highest BCUT2D eigenvalue weighted by molar-refractivity contribution is 5.50.